The maximum absolute atomic E-state index is 13.4. The summed E-state index contributed by atoms with van der Waals surface area (Å²) in [4.78, 5) is 57.9. The maximum Gasteiger partial charge on any atom is 0.329 e. The van der Waals surface area contributed by atoms with Gasteiger partial charge in [-0.3, -0.25) is 28.5 Å². The molecule has 0 amide bonds. The number of aryl methyl sites for hydroxylation is 1. The van der Waals surface area contributed by atoms with Crippen LogP contribution < -0.4 is 22.5 Å². The van der Waals surface area contributed by atoms with Crippen molar-refractivity contribution >= 4 is 34.3 Å². The van der Waals surface area contributed by atoms with Crippen molar-refractivity contribution in [2.24, 2.45) is 5.92 Å². The van der Waals surface area contributed by atoms with Crippen molar-refractivity contribution in [2.45, 2.75) is 32.5 Å². The van der Waals surface area contributed by atoms with E-state index in [4.69, 9.17) is 5.73 Å². The van der Waals surface area contributed by atoms with E-state index in [0.717, 1.165) is 17.3 Å². The van der Waals surface area contributed by atoms with E-state index in [9.17, 15) is 19.2 Å². The van der Waals surface area contributed by atoms with E-state index in [0.29, 0.717) is 21.7 Å². The van der Waals surface area contributed by atoms with Crippen LogP contribution in [0.2, 0.25) is 0 Å². The predicted molar refractivity (Wildman–Crippen MR) is 138 cm³/mol. The number of hydrogen-bond donors (Lipinski definition) is 2. The van der Waals surface area contributed by atoms with Gasteiger partial charge in [0.1, 0.15) is 11.4 Å². The molecule has 0 aliphatic rings. The first-order valence-electron chi connectivity index (χ1n) is 11.0. The largest absolute Gasteiger partial charge is 0.384 e. The number of rotatable bonds is 7. The maximum atomic E-state index is 13.4. The highest BCUT2D eigenvalue weighted by Crippen LogP contribution is 2.23. The Morgan fingerprint density at radius 2 is 1.77 bits per heavy atom. The van der Waals surface area contributed by atoms with Crippen LogP contribution in [0, 0.1) is 12.8 Å². The van der Waals surface area contributed by atoms with Gasteiger partial charge in [-0.1, -0.05) is 55.4 Å². The molecular weight excluding hydrogens is 466 g/mol. The summed E-state index contributed by atoms with van der Waals surface area (Å²) < 4.78 is 2.65. The Balaban J connectivity index is 1.76. The van der Waals surface area contributed by atoms with Crippen LogP contribution in [0.15, 0.2) is 68.1 Å². The van der Waals surface area contributed by atoms with Crippen LogP contribution in [0.1, 0.15) is 29.8 Å². The molecule has 35 heavy (non-hydrogen) atoms. The predicted octanol–water partition coefficient (Wildman–Crippen LogP) is 2.76. The minimum Gasteiger partial charge on any atom is -0.384 e. The second-order valence-corrected chi connectivity index (χ2v) is 9.57. The van der Waals surface area contributed by atoms with Crippen molar-refractivity contribution in [1.82, 2.24) is 19.1 Å². The Labute approximate surface area is 204 Å². The average Bonchev–Trinajstić information content (AvgIpc) is 2.81. The molecule has 2 aromatic carbocycles. The molecule has 0 fully saturated rings. The topological polar surface area (TPSA) is 133 Å². The Morgan fingerprint density at radius 3 is 2.46 bits per heavy atom. The molecular formula is C25H25N5O4S. The SMILES string of the molecule is Cc1ccc(-n2c(SCC(=O)c3c(N)n(CC(C)C)c(=O)[nH]c3=O)nc3ccccc3c2=O)cc1. The number of aromatic amines is 1. The summed E-state index contributed by atoms with van der Waals surface area (Å²) in [5.41, 5.74) is 6.19. The number of Topliss-reactive ketones (excluding diaryl/α,β-unsaturated/α-hetero) is 1. The highest BCUT2D eigenvalue weighted by atomic mass is 32.2. The smallest absolute Gasteiger partial charge is 0.329 e. The lowest BCUT2D eigenvalue weighted by atomic mass is 10.2. The fraction of sp³-hybridized carbons (Fsp3) is 0.240. The lowest BCUT2D eigenvalue weighted by molar-refractivity contribution is 0.102. The molecule has 9 nitrogen and oxygen atoms in total. The molecule has 0 aliphatic heterocycles. The standard InChI is InChI=1S/C25H25N5O4S/c1-14(2)12-29-21(26)20(22(32)28-24(29)34)19(31)13-35-25-27-18-7-5-4-6-17(18)23(33)30(25)16-10-8-15(3)9-11-16/h4-11,14H,12-13,26H2,1-3H3,(H,28,32,34). The zero-order chi connectivity index (χ0) is 25.3. The third-order valence-corrected chi connectivity index (χ3v) is 6.37. The number of H-pyrrole nitrogens is 1. The van der Waals surface area contributed by atoms with Crippen molar-refractivity contribution in [2.75, 3.05) is 11.5 Å². The van der Waals surface area contributed by atoms with Crippen molar-refractivity contribution in [3.05, 3.63) is 90.8 Å². The van der Waals surface area contributed by atoms with E-state index in [2.05, 4.69) is 9.97 Å². The van der Waals surface area contributed by atoms with Gasteiger partial charge in [-0.05, 0) is 37.1 Å². The molecule has 10 heteroatoms. The Bertz CT molecular complexity index is 1600. The molecule has 0 unspecified atom stereocenters. The van der Waals surface area contributed by atoms with Gasteiger partial charge in [0.2, 0.25) is 0 Å². The van der Waals surface area contributed by atoms with Crippen LogP contribution in [0.25, 0.3) is 16.6 Å². The average molecular weight is 492 g/mol. The second kappa shape index (κ2) is 9.75. The van der Waals surface area contributed by atoms with Gasteiger partial charge in [-0.2, -0.15) is 0 Å². The molecule has 2 aromatic heterocycles. The number of ketones is 1. The van der Waals surface area contributed by atoms with Crippen LogP contribution >= 0.6 is 11.8 Å². The van der Waals surface area contributed by atoms with Gasteiger partial charge in [0, 0.05) is 6.54 Å². The zero-order valence-corrected chi connectivity index (χ0v) is 20.4. The number of nitrogens with two attached hydrogens (primary N) is 1. The van der Waals surface area contributed by atoms with E-state index < -0.39 is 17.0 Å². The summed E-state index contributed by atoms with van der Waals surface area (Å²) in [5.74, 6) is -0.863. The quantitative estimate of drug-likeness (QED) is 0.231. The third kappa shape index (κ3) is 4.83. The molecule has 0 saturated carbocycles. The van der Waals surface area contributed by atoms with E-state index in [1.54, 1.807) is 24.3 Å². The van der Waals surface area contributed by atoms with Gasteiger partial charge in [-0.15, -0.1) is 0 Å². The summed E-state index contributed by atoms with van der Waals surface area (Å²) in [6.07, 6.45) is 0. The molecule has 0 radical (unpaired) electrons. The van der Waals surface area contributed by atoms with Crippen LogP contribution in [0.3, 0.4) is 0 Å². The van der Waals surface area contributed by atoms with Crippen molar-refractivity contribution in [3.8, 4) is 5.69 Å². The Kier molecular flexibility index (Phi) is 6.74. The van der Waals surface area contributed by atoms with Gasteiger partial charge < -0.3 is 5.73 Å². The summed E-state index contributed by atoms with van der Waals surface area (Å²) >= 11 is 1.03. The lowest BCUT2D eigenvalue weighted by Crippen LogP contribution is -2.37. The molecule has 0 atom stereocenters. The second-order valence-electron chi connectivity index (χ2n) is 8.62. The van der Waals surface area contributed by atoms with Crippen molar-refractivity contribution in [1.29, 1.82) is 0 Å². The van der Waals surface area contributed by atoms with Crippen LogP contribution in [0.4, 0.5) is 5.82 Å². The molecule has 4 aromatic rings. The highest BCUT2D eigenvalue weighted by molar-refractivity contribution is 7.99. The monoisotopic (exact) mass is 491 g/mol. The number of anilines is 1. The molecule has 0 saturated heterocycles. The minimum absolute atomic E-state index is 0.0731. The fourth-order valence-electron chi connectivity index (χ4n) is 3.74. The van der Waals surface area contributed by atoms with Gasteiger partial charge in [0.05, 0.1) is 22.3 Å². The molecule has 0 bridgehead atoms. The summed E-state index contributed by atoms with van der Waals surface area (Å²) in [7, 11) is 0. The number of benzene rings is 2. The molecule has 180 valence electrons. The minimum atomic E-state index is -0.833. The van der Waals surface area contributed by atoms with Gasteiger partial charge in [0.15, 0.2) is 10.9 Å². The van der Waals surface area contributed by atoms with E-state index in [-0.39, 0.29) is 35.2 Å². The first-order valence-corrected chi connectivity index (χ1v) is 12.0. The number of hydrogen-bond acceptors (Lipinski definition) is 7. The van der Waals surface area contributed by atoms with Gasteiger partial charge in [-0.25, -0.2) is 9.78 Å². The zero-order valence-electron chi connectivity index (χ0n) is 19.6. The Morgan fingerprint density at radius 1 is 1.09 bits per heavy atom. The highest BCUT2D eigenvalue weighted by Gasteiger charge is 2.21. The summed E-state index contributed by atoms with van der Waals surface area (Å²) in [6.45, 7) is 5.99. The molecule has 0 spiro atoms. The summed E-state index contributed by atoms with van der Waals surface area (Å²) in [5, 5.41) is 0.751. The molecule has 0 aliphatic carbocycles. The number of carbonyl (C=O) groups excluding carboxylic acids is 1. The van der Waals surface area contributed by atoms with Crippen LogP contribution in [-0.2, 0) is 6.54 Å². The normalized spacial score (nSPS) is 11.3. The number of aromatic nitrogens is 4. The number of thioether (sulfide) groups is 1. The van der Waals surface area contributed by atoms with E-state index in [1.165, 1.54) is 9.13 Å². The molecule has 2 heterocycles. The third-order valence-electron chi connectivity index (χ3n) is 5.44. The van der Waals surface area contributed by atoms with Crippen LogP contribution in [-0.4, -0.2) is 30.6 Å². The van der Waals surface area contributed by atoms with Crippen LogP contribution in [0.5, 0.6) is 0 Å². The number of nitrogens with one attached hydrogen (secondary N) is 1. The van der Waals surface area contributed by atoms with E-state index in [1.807, 2.05) is 45.0 Å². The van der Waals surface area contributed by atoms with E-state index >= 15 is 0 Å². The number of para-hydroxylation sites is 1. The summed E-state index contributed by atoms with van der Waals surface area (Å²) in [6, 6.07) is 14.4. The number of nitrogens with zero attached hydrogens (tertiary/aromatic N) is 3. The van der Waals surface area contributed by atoms with Crippen molar-refractivity contribution < 1.29 is 4.79 Å². The first-order chi connectivity index (χ1) is 16.7. The van der Waals surface area contributed by atoms with Crippen molar-refractivity contribution in [3.63, 3.8) is 0 Å². The Hall–Kier alpha value is -3.92. The van der Waals surface area contributed by atoms with Gasteiger partial charge >= 0.3 is 5.69 Å². The first kappa shape index (κ1) is 24.2. The number of fused-ring (bicyclic) bond motifs is 1. The number of nitrogen functional groups attached to an aromatic ring is 1. The van der Waals surface area contributed by atoms with Gasteiger partial charge in [0.25, 0.3) is 11.1 Å². The molecule has 3 N–H and O–H groups in total. The lowest BCUT2D eigenvalue weighted by Gasteiger charge is -2.15. The molecule has 4 rings (SSSR count). The number of carbonyl (C=O) groups is 1. The fourth-order valence-corrected chi connectivity index (χ4v) is 4.62.